The molecule has 1 aromatic carbocycles. The van der Waals surface area contributed by atoms with Crippen molar-refractivity contribution in [2.75, 3.05) is 6.54 Å². The van der Waals surface area contributed by atoms with Crippen LogP contribution in [0.2, 0.25) is 5.02 Å². The number of carbonyl (C=O) groups excluding carboxylic acids is 1. The smallest absolute Gasteiger partial charge is 0.224 e. The third-order valence-corrected chi connectivity index (χ3v) is 3.57. The van der Waals surface area contributed by atoms with Crippen LogP contribution in [0.4, 0.5) is 0 Å². The van der Waals surface area contributed by atoms with Crippen molar-refractivity contribution in [3.8, 4) is 0 Å². The number of rotatable bonds is 2. The molecule has 86 valence electrons. The van der Waals surface area contributed by atoms with Crippen LogP contribution in [0.15, 0.2) is 24.3 Å². The number of benzene rings is 1. The van der Waals surface area contributed by atoms with Crippen LogP contribution in [0.5, 0.6) is 0 Å². The minimum absolute atomic E-state index is 0.00931. The van der Waals surface area contributed by atoms with Crippen LogP contribution in [-0.4, -0.2) is 22.7 Å². The monoisotopic (exact) mass is 257 g/mol. The average Bonchev–Trinajstić information content (AvgIpc) is 2.58. The molecule has 1 heterocycles. The maximum absolute atomic E-state index is 11.7. The lowest BCUT2D eigenvalue weighted by molar-refractivity contribution is -0.129. The molecule has 0 aromatic heterocycles. The second-order valence-corrected chi connectivity index (χ2v) is 5.07. The molecule has 2 nitrogen and oxygen atoms in total. The molecule has 1 aromatic rings. The molecule has 0 radical (unpaired) electrons. The summed E-state index contributed by atoms with van der Waals surface area (Å²) in [6.45, 7) is 2.58. The molecule has 1 fully saturated rings. The van der Waals surface area contributed by atoms with Gasteiger partial charge in [-0.2, -0.15) is 0 Å². The number of nitrogens with zero attached hydrogens (tertiary/aromatic N) is 1. The van der Waals surface area contributed by atoms with E-state index in [0.717, 1.165) is 5.56 Å². The predicted molar refractivity (Wildman–Crippen MR) is 65.8 cm³/mol. The number of amides is 1. The van der Waals surface area contributed by atoms with E-state index in [9.17, 15) is 4.79 Å². The van der Waals surface area contributed by atoms with E-state index >= 15 is 0 Å². The summed E-state index contributed by atoms with van der Waals surface area (Å²) >= 11 is 12.1. The van der Waals surface area contributed by atoms with Crippen LogP contribution in [0.25, 0.3) is 0 Å². The van der Waals surface area contributed by atoms with Crippen LogP contribution in [0.3, 0.4) is 0 Å². The van der Waals surface area contributed by atoms with Gasteiger partial charge in [0.1, 0.15) is 0 Å². The van der Waals surface area contributed by atoms with Gasteiger partial charge in [0, 0.05) is 18.0 Å². The number of alkyl halides is 1. The molecule has 0 bridgehead atoms. The molecule has 2 rings (SSSR count). The molecule has 0 aliphatic carbocycles. The topological polar surface area (TPSA) is 20.3 Å². The first kappa shape index (κ1) is 11.7. The van der Waals surface area contributed by atoms with Crippen LogP contribution >= 0.6 is 23.2 Å². The number of hydrogen-bond donors (Lipinski definition) is 0. The van der Waals surface area contributed by atoms with Gasteiger partial charge in [0.2, 0.25) is 5.91 Å². The number of halogens is 2. The first-order valence-electron chi connectivity index (χ1n) is 5.27. The predicted octanol–water partition coefficient (Wildman–Crippen LogP) is 3.24. The quantitative estimate of drug-likeness (QED) is 0.746. The summed E-state index contributed by atoms with van der Waals surface area (Å²) in [6.07, 6.45) is 0.427. The Morgan fingerprint density at radius 2 is 2.12 bits per heavy atom. The van der Waals surface area contributed by atoms with Gasteiger partial charge in [0.25, 0.3) is 0 Å². The minimum atomic E-state index is -0.0718. The minimum Gasteiger partial charge on any atom is -0.334 e. The highest BCUT2D eigenvalue weighted by Gasteiger charge is 2.32. The standard InChI is InChI=1S/C12H13Cl2NO/c1-8(10-4-2-3-5-11(10)14)15-7-9(13)6-12(15)16/h2-5,8-9H,6-7H2,1H3. The third kappa shape index (κ3) is 2.18. The Labute approximate surface area is 105 Å². The maximum atomic E-state index is 11.7. The summed E-state index contributed by atoms with van der Waals surface area (Å²) in [5.74, 6) is 0.104. The Balaban J connectivity index is 2.23. The van der Waals surface area contributed by atoms with Crippen molar-refractivity contribution in [3.63, 3.8) is 0 Å². The summed E-state index contributed by atoms with van der Waals surface area (Å²) < 4.78 is 0. The largest absolute Gasteiger partial charge is 0.334 e. The normalized spacial score (nSPS) is 22.6. The molecule has 0 saturated carbocycles. The molecule has 1 amide bonds. The lowest BCUT2D eigenvalue weighted by Gasteiger charge is -2.25. The Kier molecular flexibility index (Phi) is 3.41. The fraction of sp³-hybridized carbons (Fsp3) is 0.417. The van der Waals surface area contributed by atoms with Crippen molar-refractivity contribution in [3.05, 3.63) is 34.9 Å². The van der Waals surface area contributed by atoms with Gasteiger partial charge < -0.3 is 4.90 Å². The van der Waals surface area contributed by atoms with Gasteiger partial charge in [-0.25, -0.2) is 0 Å². The zero-order valence-corrected chi connectivity index (χ0v) is 10.5. The van der Waals surface area contributed by atoms with E-state index in [-0.39, 0.29) is 17.3 Å². The molecule has 0 spiro atoms. The Morgan fingerprint density at radius 3 is 2.69 bits per heavy atom. The van der Waals surface area contributed by atoms with E-state index in [1.807, 2.05) is 31.2 Å². The second kappa shape index (κ2) is 4.64. The summed E-state index contributed by atoms with van der Waals surface area (Å²) in [5.41, 5.74) is 0.975. The van der Waals surface area contributed by atoms with Gasteiger partial charge in [-0.1, -0.05) is 29.8 Å². The molecule has 2 unspecified atom stereocenters. The van der Waals surface area contributed by atoms with Crippen LogP contribution < -0.4 is 0 Å². The third-order valence-electron chi connectivity index (χ3n) is 2.93. The molecular formula is C12H13Cl2NO. The molecule has 1 saturated heterocycles. The van der Waals surface area contributed by atoms with Gasteiger partial charge >= 0.3 is 0 Å². The van der Waals surface area contributed by atoms with Crippen LogP contribution in [0.1, 0.15) is 24.9 Å². The van der Waals surface area contributed by atoms with E-state index in [2.05, 4.69) is 0 Å². The van der Waals surface area contributed by atoms with Gasteiger partial charge in [0.15, 0.2) is 0 Å². The van der Waals surface area contributed by atoms with Crippen molar-refractivity contribution in [2.45, 2.75) is 24.8 Å². The SMILES string of the molecule is CC(c1ccccc1Cl)N1CC(Cl)CC1=O. The average molecular weight is 258 g/mol. The summed E-state index contributed by atoms with van der Waals surface area (Å²) in [7, 11) is 0. The maximum Gasteiger partial charge on any atom is 0.224 e. The molecule has 0 N–H and O–H groups in total. The Bertz CT molecular complexity index is 408. The Hall–Kier alpha value is -0.730. The first-order chi connectivity index (χ1) is 7.59. The fourth-order valence-corrected chi connectivity index (χ4v) is 2.62. The fourth-order valence-electron chi connectivity index (χ4n) is 2.04. The molecule has 2 atom stereocenters. The van der Waals surface area contributed by atoms with Crippen LogP contribution in [-0.2, 0) is 4.79 Å². The number of carbonyl (C=O) groups is 1. The highest BCUT2D eigenvalue weighted by atomic mass is 35.5. The first-order valence-corrected chi connectivity index (χ1v) is 6.09. The lowest BCUT2D eigenvalue weighted by Crippen LogP contribution is -2.28. The summed E-state index contributed by atoms with van der Waals surface area (Å²) in [4.78, 5) is 13.5. The zero-order chi connectivity index (χ0) is 11.7. The van der Waals surface area contributed by atoms with Gasteiger partial charge in [-0.15, -0.1) is 11.6 Å². The second-order valence-electron chi connectivity index (χ2n) is 4.04. The van der Waals surface area contributed by atoms with E-state index in [4.69, 9.17) is 23.2 Å². The van der Waals surface area contributed by atoms with Crippen LogP contribution in [0, 0.1) is 0 Å². The Morgan fingerprint density at radius 1 is 1.44 bits per heavy atom. The summed E-state index contributed by atoms with van der Waals surface area (Å²) in [6, 6.07) is 7.59. The van der Waals surface area contributed by atoms with Crippen molar-refractivity contribution in [1.29, 1.82) is 0 Å². The van der Waals surface area contributed by atoms with Crippen molar-refractivity contribution >= 4 is 29.1 Å². The molecule has 16 heavy (non-hydrogen) atoms. The van der Waals surface area contributed by atoms with Gasteiger partial charge in [-0.3, -0.25) is 4.79 Å². The summed E-state index contributed by atoms with van der Waals surface area (Å²) in [5, 5.41) is 0.623. The lowest BCUT2D eigenvalue weighted by atomic mass is 10.1. The van der Waals surface area contributed by atoms with E-state index < -0.39 is 0 Å². The van der Waals surface area contributed by atoms with Crippen molar-refractivity contribution in [2.24, 2.45) is 0 Å². The number of likely N-dealkylation sites (tertiary alicyclic amines) is 1. The van der Waals surface area contributed by atoms with Gasteiger partial charge in [-0.05, 0) is 18.6 Å². The number of hydrogen-bond acceptors (Lipinski definition) is 1. The van der Waals surface area contributed by atoms with Gasteiger partial charge in [0.05, 0.1) is 11.4 Å². The van der Waals surface area contributed by atoms with E-state index in [1.54, 1.807) is 4.90 Å². The molecule has 4 heteroatoms. The highest BCUT2D eigenvalue weighted by Crippen LogP contribution is 2.31. The molecular weight excluding hydrogens is 245 g/mol. The molecule has 1 aliphatic rings. The van der Waals surface area contributed by atoms with E-state index in [1.165, 1.54) is 0 Å². The van der Waals surface area contributed by atoms with Crippen molar-refractivity contribution < 1.29 is 4.79 Å². The van der Waals surface area contributed by atoms with Crippen molar-refractivity contribution in [1.82, 2.24) is 4.90 Å². The highest BCUT2D eigenvalue weighted by molar-refractivity contribution is 6.31. The van der Waals surface area contributed by atoms with E-state index in [0.29, 0.717) is 18.0 Å². The zero-order valence-electron chi connectivity index (χ0n) is 8.99. The molecule has 1 aliphatic heterocycles.